The van der Waals surface area contributed by atoms with Crippen LogP contribution in [0, 0.1) is 17.2 Å². The predicted molar refractivity (Wildman–Crippen MR) is 70.4 cm³/mol. The maximum Gasteiger partial charge on any atom is 0.337 e. The van der Waals surface area contributed by atoms with Gasteiger partial charge in [-0.25, -0.2) is 4.79 Å². The second-order valence-corrected chi connectivity index (χ2v) is 4.06. The lowest BCUT2D eigenvalue weighted by atomic mass is 10.0. The Morgan fingerprint density at radius 2 is 2.21 bits per heavy atom. The maximum absolute atomic E-state index is 11.7. The van der Waals surface area contributed by atoms with Crippen LogP contribution < -0.4 is 5.32 Å². The van der Waals surface area contributed by atoms with Crippen molar-refractivity contribution in [3.8, 4) is 6.07 Å². The standard InChI is InChI=1S/C14H16N2O3/c1-3-10(9-15)7-13(17)16-12-6-4-5-11(8-12)14(18)19-2/h4-6,8,10H,3,7H2,1-2H3,(H,16,17). The normalized spacial score (nSPS) is 11.2. The number of hydrogen-bond acceptors (Lipinski definition) is 4. The van der Waals surface area contributed by atoms with Crippen molar-refractivity contribution in [1.29, 1.82) is 5.26 Å². The fraction of sp³-hybridized carbons (Fsp3) is 0.357. The van der Waals surface area contributed by atoms with Gasteiger partial charge in [-0.2, -0.15) is 5.26 Å². The van der Waals surface area contributed by atoms with Gasteiger partial charge >= 0.3 is 5.97 Å². The van der Waals surface area contributed by atoms with E-state index in [4.69, 9.17) is 5.26 Å². The Morgan fingerprint density at radius 3 is 2.79 bits per heavy atom. The number of methoxy groups -OCH3 is 1. The first-order valence-corrected chi connectivity index (χ1v) is 5.98. The Labute approximate surface area is 112 Å². The van der Waals surface area contributed by atoms with Crippen molar-refractivity contribution in [1.82, 2.24) is 0 Å². The summed E-state index contributed by atoms with van der Waals surface area (Å²) >= 11 is 0. The Kier molecular flexibility index (Phi) is 5.55. The molecule has 1 aromatic rings. The topological polar surface area (TPSA) is 79.2 Å². The lowest BCUT2D eigenvalue weighted by Crippen LogP contribution is -2.15. The molecule has 1 aromatic carbocycles. The van der Waals surface area contributed by atoms with Crippen molar-refractivity contribution in [2.45, 2.75) is 19.8 Å². The molecule has 1 atom stereocenters. The van der Waals surface area contributed by atoms with Gasteiger partial charge in [0.25, 0.3) is 0 Å². The van der Waals surface area contributed by atoms with Gasteiger partial charge < -0.3 is 10.1 Å². The molecule has 0 bridgehead atoms. The van der Waals surface area contributed by atoms with E-state index < -0.39 is 5.97 Å². The first kappa shape index (κ1) is 14.7. The van der Waals surface area contributed by atoms with Gasteiger partial charge in [0.15, 0.2) is 0 Å². The van der Waals surface area contributed by atoms with Crippen LogP contribution in [0.3, 0.4) is 0 Å². The molecule has 1 unspecified atom stereocenters. The van der Waals surface area contributed by atoms with E-state index in [-0.39, 0.29) is 18.2 Å². The van der Waals surface area contributed by atoms with E-state index in [9.17, 15) is 9.59 Å². The summed E-state index contributed by atoms with van der Waals surface area (Å²) in [6.45, 7) is 1.86. The highest BCUT2D eigenvalue weighted by atomic mass is 16.5. The molecule has 0 aliphatic carbocycles. The van der Waals surface area contributed by atoms with E-state index in [1.54, 1.807) is 18.2 Å². The summed E-state index contributed by atoms with van der Waals surface area (Å²) in [7, 11) is 1.30. The molecule has 1 N–H and O–H groups in total. The number of nitrogens with zero attached hydrogens (tertiary/aromatic N) is 1. The third-order valence-corrected chi connectivity index (χ3v) is 2.67. The zero-order valence-electron chi connectivity index (χ0n) is 11.0. The van der Waals surface area contributed by atoms with Crippen LogP contribution in [0.4, 0.5) is 5.69 Å². The molecule has 0 spiro atoms. The van der Waals surface area contributed by atoms with Crippen molar-refractivity contribution in [2.24, 2.45) is 5.92 Å². The Balaban J connectivity index is 2.70. The highest BCUT2D eigenvalue weighted by molar-refractivity contribution is 5.94. The molecule has 100 valence electrons. The first-order chi connectivity index (χ1) is 9.10. The summed E-state index contributed by atoms with van der Waals surface area (Å²) in [6, 6.07) is 8.55. The van der Waals surface area contributed by atoms with Gasteiger partial charge in [0.2, 0.25) is 5.91 Å². The Hall–Kier alpha value is -2.35. The SMILES string of the molecule is CCC(C#N)CC(=O)Nc1cccc(C(=O)OC)c1. The quantitative estimate of drug-likeness (QED) is 0.824. The van der Waals surface area contributed by atoms with E-state index >= 15 is 0 Å². The zero-order valence-corrected chi connectivity index (χ0v) is 11.0. The molecule has 0 saturated carbocycles. The van der Waals surface area contributed by atoms with Crippen molar-refractivity contribution in [3.63, 3.8) is 0 Å². The van der Waals surface area contributed by atoms with Crippen LogP contribution in [0.5, 0.6) is 0 Å². The number of rotatable bonds is 5. The van der Waals surface area contributed by atoms with Crippen molar-refractivity contribution < 1.29 is 14.3 Å². The van der Waals surface area contributed by atoms with Gasteiger partial charge in [-0.1, -0.05) is 13.0 Å². The number of esters is 1. The third kappa shape index (κ3) is 4.43. The van der Waals surface area contributed by atoms with Gasteiger partial charge in [-0.05, 0) is 24.6 Å². The molecular formula is C14H16N2O3. The van der Waals surface area contributed by atoms with E-state index in [1.165, 1.54) is 13.2 Å². The van der Waals surface area contributed by atoms with Crippen molar-refractivity contribution in [3.05, 3.63) is 29.8 Å². The van der Waals surface area contributed by atoms with Crippen LogP contribution in [0.15, 0.2) is 24.3 Å². The van der Waals surface area contributed by atoms with E-state index in [2.05, 4.69) is 16.1 Å². The first-order valence-electron chi connectivity index (χ1n) is 5.98. The van der Waals surface area contributed by atoms with Crippen LogP contribution >= 0.6 is 0 Å². The molecule has 0 aromatic heterocycles. The molecular weight excluding hydrogens is 244 g/mol. The molecule has 0 fully saturated rings. The molecule has 0 aliphatic rings. The van der Waals surface area contributed by atoms with Crippen LogP contribution in [0.25, 0.3) is 0 Å². The van der Waals surface area contributed by atoms with Gasteiger partial charge in [-0.3, -0.25) is 4.79 Å². The fourth-order valence-corrected chi connectivity index (χ4v) is 1.56. The maximum atomic E-state index is 11.7. The largest absolute Gasteiger partial charge is 0.465 e. The minimum atomic E-state index is -0.459. The van der Waals surface area contributed by atoms with Crippen LogP contribution in [-0.4, -0.2) is 19.0 Å². The molecule has 0 aliphatic heterocycles. The van der Waals surface area contributed by atoms with Crippen LogP contribution in [-0.2, 0) is 9.53 Å². The number of ether oxygens (including phenoxy) is 1. The molecule has 1 amide bonds. The summed E-state index contributed by atoms with van der Waals surface area (Å²) in [6.07, 6.45) is 0.779. The average molecular weight is 260 g/mol. The Bertz CT molecular complexity index is 506. The minimum Gasteiger partial charge on any atom is -0.465 e. The number of nitrogens with one attached hydrogen (secondary N) is 1. The van der Waals surface area contributed by atoms with E-state index in [0.717, 1.165) is 0 Å². The summed E-state index contributed by atoms with van der Waals surface area (Å²) in [5.41, 5.74) is 0.883. The van der Waals surface area contributed by atoms with Gasteiger partial charge in [0.1, 0.15) is 0 Å². The van der Waals surface area contributed by atoms with Gasteiger partial charge in [-0.15, -0.1) is 0 Å². The molecule has 1 rings (SSSR count). The Morgan fingerprint density at radius 1 is 1.47 bits per heavy atom. The molecule has 19 heavy (non-hydrogen) atoms. The van der Waals surface area contributed by atoms with Crippen LogP contribution in [0.2, 0.25) is 0 Å². The zero-order chi connectivity index (χ0) is 14.3. The number of amides is 1. The summed E-state index contributed by atoms with van der Waals surface area (Å²) in [5, 5.41) is 11.5. The number of hydrogen-bond donors (Lipinski definition) is 1. The summed E-state index contributed by atoms with van der Waals surface area (Å²) in [4.78, 5) is 23.1. The molecule has 5 nitrogen and oxygen atoms in total. The van der Waals surface area contributed by atoms with Crippen molar-refractivity contribution in [2.75, 3.05) is 12.4 Å². The number of nitriles is 1. The van der Waals surface area contributed by atoms with Gasteiger partial charge in [0, 0.05) is 12.1 Å². The highest BCUT2D eigenvalue weighted by Crippen LogP contribution is 2.14. The lowest BCUT2D eigenvalue weighted by molar-refractivity contribution is -0.116. The van der Waals surface area contributed by atoms with E-state index in [1.807, 2.05) is 6.92 Å². The second-order valence-electron chi connectivity index (χ2n) is 4.06. The minimum absolute atomic E-state index is 0.148. The van der Waals surface area contributed by atoms with Crippen LogP contribution in [0.1, 0.15) is 30.1 Å². The molecule has 0 saturated heterocycles. The number of anilines is 1. The smallest absolute Gasteiger partial charge is 0.337 e. The molecule has 5 heteroatoms. The predicted octanol–water partition coefficient (Wildman–Crippen LogP) is 2.35. The van der Waals surface area contributed by atoms with Crippen molar-refractivity contribution >= 4 is 17.6 Å². The monoisotopic (exact) mass is 260 g/mol. The highest BCUT2D eigenvalue weighted by Gasteiger charge is 2.12. The van der Waals surface area contributed by atoms with E-state index in [0.29, 0.717) is 17.7 Å². The number of carbonyl (C=O) groups is 2. The summed E-state index contributed by atoms with van der Waals surface area (Å²) < 4.78 is 4.60. The van der Waals surface area contributed by atoms with Gasteiger partial charge in [0.05, 0.1) is 24.7 Å². The average Bonchev–Trinajstić information content (AvgIpc) is 2.44. The number of carbonyl (C=O) groups excluding carboxylic acids is 2. The summed E-state index contributed by atoms with van der Waals surface area (Å²) in [5.74, 6) is -0.987. The third-order valence-electron chi connectivity index (χ3n) is 2.67. The fourth-order valence-electron chi connectivity index (χ4n) is 1.56. The lowest BCUT2D eigenvalue weighted by Gasteiger charge is -2.08. The second kappa shape index (κ2) is 7.17. The molecule has 0 radical (unpaired) electrons. The molecule has 0 heterocycles. The number of benzene rings is 1.